The molecule has 0 aliphatic heterocycles. The number of hydrogen-bond acceptors (Lipinski definition) is 1. The van der Waals surface area contributed by atoms with Crippen LogP contribution in [0.1, 0.15) is 42.0 Å². The first-order valence-corrected chi connectivity index (χ1v) is 11.4. The number of hydrogen-bond donors (Lipinski definition) is 0. The Morgan fingerprint density at radius 3 is 2.26 bits per heavy atom. The summed E-state index contributed by atoms with van der Waals surface area (Å²) in [5, 5.41) is 0.846. The van der Waals surface area contributed by atoms with Crippen molar-refractivity contribution < 1.29 is 17.9 Å². The Hall–Kier alpha value is -3.71. The summed E-state index contributed by atoms with van der Waals surface area (Å²) in [5.41, 5.74) is 3.32. The predicted molar refractivity (Wildman–Crippen MR) is 130 cm³/mol. The van der Waals surface area contributed by atoms with Crippen LogP contribution in [0, 0.1) is 29.3 Å². The maximum atomic E-state index is 14.4. The molecule has 0 bridgehead atoms. The van der Waals surface area contributed by atoms with E-state index in [1.807, 2.05) is 30.3 Å². The molecule has 0 fully saturated rings. The zero-order chi connectivity index (χ0) is 23.9. The molecule has 0 aliphatic rings. The van der Waals surface area contributed by atoms with Crippen LogP contribution in [0.5, 0.6) is 5.75 Å². The summed E-state index contributed by atoms with van der Waals surface area (Å²) >= 11 is 0. The van der Waals surface area contributed by atoms with Crippen molar-refractivity contribution in [2.75, 3.05) is 6.61 Å². The van der Waals surface area contributed by atoms with Crippen molar-refractivity contribution >= 4 is 10.8 Å². The first-order chi connectivity index (χ1) is 16.5. The fourth-order valence-corrected chi connectivity index (χ4v) is 3.68. The lowest BCUT2D eigenvalue weighted by molar-refractivity contribution is 0.307. The summed E-state index contributed by atoms with van der Waals surface area (Å²) in [6, 6.07) is 20.5. The van der Waals surface area contributed by atoms with Gasteiger partial charge in [-0.2, -0.15) is 0 Å². The molecule has 0 aliphatic carbocycles. The highest BCUT2D eigenvalue weighted by atomic mass is 19.2. The molecule has 0 radical (unpaired) electrons. The minimum Gasteiger partial charge on any atom is -0.493 e. The molecule has 1 nitrogen and oxygen atoms in total. The first kappa shape index (κ1) is 23.4. The molecule has 0 spiro atoms. The quantitative estimate of drug-likeness (QED) is 0.204. The monoisotopic (exact) mass is 458 g/mol. The van der Waals surface area contributed by atoms with Gasteiger partial charge in [0.25, 0.3) is 0 Å². The maximum Gasteiger partial charge on any atom is 0.166 e. The van der Waals surface area contributed by atoms with E-state index in [1.165, 1.54) is 6.07 Å². The van der Waals surface area contributed by atoms with Crippen LogP contribution in [-0.4, -0.2) is 6.61 Å². The number of unbranched alkanes of at least 4 members (excludes halogenated alkanes) is 1. The third kappa shape index (κ3) is 5.80. The fraction of sp³-hybridized carbons (Fsp3) is 0.200. The van der Waals surface area contributed by atoms with Gasteiger partial charge in [-0.1, -0.05) is 55.5 Å². The zero-order valence-electron chi connectivity index (χ0n) is 19.0. The highest BCUT2D eigenvalue weighted by molar-refractivity contribution is 5.84. The fourth-order valence-electron chi connectivity index (χ4n) is 3.68. The van der Waals surface area contributed by atoms with Gasteiger partial charge in [-0.3, -0.25) is 0 Å². The van der Waals surface area contributed by atoms with Crippen molar-refractivity contribution in [3.8, 4) is 17.6 Å². The molecule has 4 aromatic rings. The molecule has 0 heterocycles. The zero-order valence-corrected chi connectivity index (χ0v) is 19.0. The van der Waals surface area contributed by atoms with Gasteiger partial charge in [0.2, 0.25) is 0 Å². The lowest BCUT2D eigenvalue weighted by Crippen LogP contribution is -1.99. The third-order valence-electron chi connectivity index (χ3n) is 5.69. The molecule has 34 heavy (non-hydrogen) atoms. The topological polar surface area (TPSA) is 9.23 Å². The average Bonchev–Trinajstić information content (AvgIpc) is 2.85. The van der Waals surface area contributed by atoms with Gasteiger partial charge in [-0.05, 0) is 72.2 Å². The van der Waals surface area contributed by atoms with Gasteiger partial charge < -0.3 is 4.74 Å². The van der Waals surface area contributed by atoms with Crippen LogP contribution >= 0.6 is 0 Å². The lowest BCUT2D eigenvalue weighted by atomic mass is 10.0. The van der Waals surface area contributed by atoms with Crippen LogP contribution in [0.25, 0.3) is 10.8 Å². The molecule has 4 aromatic carbocycles. The second-order valence-electron chi connectivity index (χ2n) is 8.20. The SMILES string of the molecule is CCCCOc1ccc(CCc2ccc(C#Cc3ccc4c(F)c(F)ccc4c3)cc2)c(F)c1. The first-order valence-electron chi connectivity index (χ1n) is 11.4. The average molecular weight is 459 g/mol. The molecule has 0 amide bonds. The second-order valence-corrected chi connectivity index (χ2v) is 8.20. The van der Waals surface area contributed by atoms with Crippen molar-refractivity contribution in [2.24, 2.45) is 0 Å². The van der Waals surface area contributed by atoms with E-state index in [0.717, 1.165) is 35.6 Å². The van der Waals surface area contributed by atoms with E-state index in [2.05, 4.69) is 18.8 Å². The Morgan fingerprint density at radius 2 is 1.50 bits per heavy atom. The normalized spacial score (nSPS) is 10.7. The highest BCUT2D eigenvalue weighted by Gasteiger charge is 2.07. The number of aryl methyl sites for hydroxylation is 2. The molecule has 172 valence electrons. The second kappa shape index (κ2) is 10.9. The van der Waals surface area contributed by atoms with Gasteiger partial charge in [-0.25, -0.2) is 13.2 Å². The molecule has 0 aromatic heterocycles. The minimum absolute atomic E-state index is 0.241. The Morgan fingerprint density at radius 1 is 0.735 bits per heavy atom. The maximum absolute atomic E-state index is 14.4. The summed E-state index contributed by atoms with van der Waals surface area (Å²) in [6.45, 7) is 2.69. The van der Waals surface area contributed by atoms with Crippen LogP contribution < -0.4 is 4.74 Å². The van der Waals surface area contributed by atoms with E-state index in [1.54, 1.807) is 30.3 Å². The standard InChI is InChI=1S/C30H25F3O/c1-2-3-18-34-26-15-13-24(29(32)20-26)12-10-22-6-4-21(5-7-22)8-9-23-11-16-27-25(19-23)14-17-28(31)30(27)33/h4-7,11,13-17,19-20H,2-3,10,12,18H2,1H3. The number of benzene rings is 4. The molecular weight excluding hydrogens is 433 g/mol. The Balaban J connectivity index is 1.37. The largest absolute Gasteiger partial charge is 0.493 e. The summed E-state index contributed by atoms with van der Waals surface area (Å²) in [5.74, 6) is 4.79. The van der Waals surface area contributed by atoms with E-state index < -0.39 is 11.6 Å². The van der Waals surface area contributed by atoms with E-state index >= 15 is 0 Å². The Kier molecular flexibility index (Phi) is 7.54. The van der Waals surface area contributed by atoms with Crippen molar-refractivity contribution in [3.63, 3.8) is 0 Å². The summed E-state index contributed by atoms with van der Waals surface area (Å²) in [7, 11) is 0. The van der Waals surface area contributed by atoms with E-state index in [4.69, 9.17) is 4.74 Å². The molecule has 4 rings (SSSR count). The minimum atomic E-state index is -0.859. The van der Waals surface area contributed by atoms with Crippen LogP contribution in [0.2, 0.25) is 0 Å². The van der Waals surface area contributed by atoms with Gasteiger partial charge in [0.15, 0.2) is 11.6 Å². The van der Waals surface area contributed by atoms with Gasteiger partial charge in [0.05, 0.1) is 6.61 Å². The lowest BCUT2D eigenvalue weighted by Gasteiger charge is -2.08. The van der Waals surface area contributed by atoms with Crippen LogP contribution in [0.4, 0.5) is 13.2 Å². The van der Waals surface area contributed by atoms with Gasteiger partial charge in [0, 0.05) is 22.6 Å². The molecule has 0 N–H and O–H groups in total. The molecular formula is C30H25F3O. The number of fused-ring (bicyclic) bond motifs is 1. The smallest absolute Gasteiger partial charge is 0.166 e. The van der Waals surface area contributed by atoms with Crippen molar-refractivity contribution in [1.82, 2.24) is 0 Å². The number of rotatable bonds is 7. The van der Waals surface area contributed by atoms with Gasteiger partial charge in [0.1, 0.15) is 11.6 Å². The summed E-state index contributed by atoms with van der Waals surface area (Å²) in [6.07, 6.45) is 3.30. The molecule has 0 atom stereocenters. The molecule has 0 unspecified atom stereocenters. The molecule has 0 saturated carbocycles. The molecule has 4 heteroatoms. The Labute approximate surface area is 198 Å². The van der Waals surface area contributed by atoms with E-state index in [9.17, 15) is 13.2 Å². The van der Waals surface area contributed by atoms with Gasteiger partial charge in [-0.15, -0.1) is 0 Å². The number of halogens is 3. The van der Waals surface area contributed by atoms with Crippen LogP contribution in [-0.2, 0) is 12.8 Å². The predicted octanol–water partition coefficient (Wildman–Crippen LogP) is 7.62. The highest BCUT2D eigenvalue weighted by Crippen LogP contribution is 2.22. The summed E-state index contributed by atoms with van der Waals surface area (Å²) in [4.78, 5) is 0. The van der Waals surface area contributed by atoms with E-state index in [0.29, 0.717) is 36.1 Å². The van der Waals surface area contributed by atoms with Gasteiger partial charge >= 0.3 is 0 Å². The van der Waals surface area contributed by atoms with E-state index in [-0.39, 0.29) is 11.2 Å². The Bertz CT molecular complexity index is 1350. The third-order valence-corrected chi connectivity index (χ3v) is 5.69. The molecule has 0 saturated heterocycles. The van der Waals surface area contributed by atoms with Crippen molar-refractivity contribution in [2.45, 2.75) is 32.6 Å². The summed E-state index contributed by atoms with van der Waals surface area (Å²) < 4.78 is 47.2. The van der Waals surface area contributed by atoms with Crippen LogP contribution in [0.3, 0.4) is 0 Å². The van der Waals surface area contributed by atoms with Crippen molar-refractivity contribution in [1.29, 1.82) is 0 Å². The van der Waals surface area contributed by atoms with Crippen LogP contribution in [0.15, 0.2) is 72.8 Å². The number of ether oxygens (including phenoxy) is 1. The van der Waals surface area contributed by atoms with Crippen molar-refractivity contribution in [3.05, 3.63) is 113 Å².